The summed E-state index contributed by atoms with van der Waals surface area (Å²) >= 11 is 0. The Labute approximate surface area is 131 Å². The lowest BCUT2D eigenvalue weighted by Crippen LogP contribution is -2.38. The van der Waals surface area contributed by atoms with Crippen LogP contribution in [0, 0.1) is 5.82 Å². The maximum atomic E-state index is 14.3. The van der Waals surface area contributed by atoms with E-state index in [0.29, 0.717) is 6.04 Å². The molecule has 0 bridgehead atoms. The Morgan fingerprint density at radius 1 is 0.955 bits per heavy atom. The summed E-state index contributed by atoms with van der Waals surface area (Å²) in [5.41, 5.74) is 6.45. The summed E-state index contributed by atoms with van der Waals surface area (Å²) in [4.78, 5) is 0. The highest BCUT2D eigenvalue weighted by Crippen LogP contribution is 2.35. The van der Waals surface area contributed by atoms with Crippen molar-refractivity contribution in [1.29, 1.82) is 0 Å². The third-order valence-electron chi connectivity index (χ3n) is 5.11. The zero-order valence-corrected chi connectivity index (χ0v) is 13.0. The van der Waals surface area contributed by atoms with Crippen molar-refractivity contribution in [2.45, 2.75) is 51.1 Å². The van der Waals surface area contributed by atoms with Crippen molar-refractivity contribution in [2.75, 3.05) is 0 Å². The molecule has 2 aromatic rings. The lowest BCUT2D eigenvalue weighted by molar-refractivity contribution is 0.449. The molecule has 2 unspecified atom stereocenters. The fourth-order valence-electron chi connectivity index (χ4n) is 4.03. The Kier molecular flexibility index (Phi) is 3.50. The maximum absolute atomic E-state index is 14.3. The summed E-state index contributed by atoms with van der Waals surface area (Å²) in [7, 11) is 0. The van der Waals surface area contributed by atoms with E-state index in [2.05, 4.69) is 24.4 Å². The van der Waals surface area contributed by atoms with E-state index in [1.807, 2.05) is 12.1 Å². The molecule has 0 saturated carbocycles. The van der Waals surface area contributed by atoms with Crippen LogP contribution in [-0.4, -0.2) is 6.04 Å². The van der Waals surface area contributed by atoms with E-state index in [9.17, 15) is 4.39 Å². The van der Waals surface area contributed by atoms with Crippen LogP contribution in [-0.2, 0) is 19.3 Å². The first-order chi connectivity index (χ1) is 10.7. The van der Waals surface area contributed by atoms with Gasteiger partial charge in [-0.1, -0.05) is 30.3 Å². The van der Waals surface area contributed by atoms with Crippen molar-refractivity contribution in [3.05, 3.63) is 70.0 Å². The summed E-state index contributed by atoms with van der Waals surface area (Å²) in [5, 5.41) is 3.60. The predicted octanol–water partition coefficient (Wildman–Crippen LogP) is 4.33. The minimum Gasteiger partial charge on any atom is -0.303 e. The fraction of sp³-hybridized carbons (Fsp3) is 0.400. The summed E-state index contributed by atoms with van der Waals surface area (Å²) in [5.74, 6) is -0.113. The highest BCUT2D eigenvalue weighted by Gasteiger charge is 2.28. The number of hydrogen-bond acceptors (Lipinski definition) is 1. The van der Waals surface area contributed by atoms with Gasteiger partial charge in [0.2, 0.25) is 0 Å². The smallest absolute Gasteiger partial charge is 0.128 e. The topological polar surface area (TPSA) is 12.0 Å². The van der Waals surface area contributed by atoms with Crippen LogP contribution in [0.15, 0.2) is 36.4 Å². The third kappa shape index (κ3) is 2.36. The van der Waals surface area contributed by atoms with Crippen molar-refractivity contribution in [1.82, 2.24) is 5.32 Å². The number of nitrogens with one attached hydrogen (secondary N) is 1. The molecule has 0 fully saturated rings. The van der Waals surface area contributed by atoms with Gasteiger partial charge >= 0.3 is 0 Å². The maximum Gasteiger partial charge on any atom is 0.128 e. The second kappa shape index (κ2) is 5.51. The molecule has 0 amide bonds. The van der Waals surface area contributed by atoms with Gasteiger partial charge in [-0.05, 0) is 67.3 Å². The lowest BCUT2D eigenvalue weighted by atomic mass is 9.81. The molecule has 4 rings (SSSR count). The largest absolute Gasteiger partial charge is 0.303 e. The van der Waals surface area contributed by atoms with Gasteiger partial charge in [0.05, 0.1) is 6.04 Å². The molecule has 1 heterocycles. The molecule has 0 aromatic heterocycles. The average molecular weight is 295 g/mol. The van der Waals surface area contributed by atoms with Crippen molar-refractivity contribution in [2.24, 2.45) is 0 Å². The standard InChI is InChI=1S/C20H22FN/c1-13-10-16-11-14-6-2-3-7-15(14)12-18(16)20(22-13)17-8-4-5-9-19(17)21/h4-5,8-9,11-13,20,22H,2-3,6-7,10H2,1H3. The first-order valence-corrected chi connectivity index (χ1v) is 8.37. The van der Waals surface area contributed by atoms with Crippen LogP contribution in [0.5, 0.6) is 0 Å². The molecule has 0 saturated heterocycles. The first kappa shape index (κ1) is 14.0. The molecule has 2 aliphatic rings. The zero-order chi connectivity index (χ0) is 15.1. The van der Waals surface area contributed by atoms with Crippen LogP contribution >= 0.6 is 0 Å². The molecule has 2 atom stereocenters. The van der Waals surface area contributed by atoms with Crippen molar-refractivity contribution in [3.63, 3.8) is 0 Å². The Bertz CT molecular complexity index is 707. The van der Waals surface area contributed by atoms with Crippen molar-refractivity contribution >= 4 is 0 Å². The molecule has 2 heteroatoms. The number of halogens is 1. The summed E-state index contributed by atoms with van der Waals surface area (Å²) in [6.45, 7) is 2.19. The second-order valence-corrected chi connectivity index (χ2v) is 6.75. The molecule has 0 radical (unpaired) electrons. The quantitative estimate of drug-likeness (QED) is 0.826. The van der Waals surface area contributed by atoms with Crippen molar-refractivity contribution < 1.29 is 4.39 Å². The van der Waals surface area contributed by atoms with Gasteiger partial charge < -0.3 is 5.32 Å². The summed E-state index contributed by atoms with van der Waals surface area (Å²) < 4.78 is 14.3. The average Bonchev–Trinajstić information content (AvgIpc) is 2.53. The van der Waals surface area contributed by atoms with Gasteiger partial charge in [0.15, 0.2) is 0 Å². The summed E-state index contributed by atoms with van der Waals surface area (Å²) in [6, 6.07) is 12.3. The number of rotatable bonds is 1. The Balaban J connectivity index is 1.84. The highest BCUT2D eigenvalue weighted by atomic mass is 19.1. The van der Waals surface area contributed by atoms with Crippen molar-refractivity contribution in [3.8, 4) is 0 Å². The normalized spacial score (nSPS) is 23.7. The van der Waals surface area contributed by atoms with E-state index < -0.39 is 0 Å². The molecule has 1 aliphatic heterocycles. The Morgan fingerprint density at radius 3 is 2.45 bits per heavy atom. The Morgan fingerprint density at radius 2 is 1.68 bits per heavy atom. The molecular weight excluding hydrogens is 273 g/mol. The van der Waals surface area contributed by atoms with E-state index in [1.165, 1.54) is 47.9 Å². The molecule has 22 heavy (non-hydrogen) atoms. The molecule has 1 nitrogen and oxygen atoms in total. The van der Waals surface area contributed by atoms with Gasteiger partial charge in [-0.25, -0.2) is 4.39 Å². The zero-order valence-electron chi connectivity index (χ0n) is 13.0. The lowest BCUT2D eigenvalue weighted by Gasteiger charge is -2.34. The SMILES string of the molecule is CC1Cc2cc3c(cc2C(c2ccccc2F)N1)CCCC3. The van der Waals surface area contributed by atoms with E-state index in [0.717, 1.165) is 12.0 Å². The molecular formula is C20H22FN. The van der Waals surface area contributed by atoms with Crippen LogP contribution in [0.4, 0.5) is 4.39 Å². The van der Waals surface area contributed by atoms with E-state index in [-0.39, 0.29) is 11.9 Å². The minimum atomic E-state index is -0.113. The number of hydrogen-bond donors (Lipinski definition) is 1. The van der Waals surface area contributed by atoms with Gasteiger partial charge in [0, 0.05) is 11.6 Å². The third-order valence-corrected chi connectivity index (χ3v) is 5.11. The van der Waals surface area contributed by atoms with Gasteiger partial charge in [-0.2, -0.15) is 0 Å². The van der Waals surface area contributed by atoms with Crippen LogP contribution in [0.2, 0.25) is 0 Å². The molecule has 2 aromatic carbocycles. The predicted molar refractivity (Wildman–Crippen MR) is 87.6 cm³/mol. The molecule has 0 spiro atoms. The molecule has 114 valence electrons. The van der Waals surface area contributed by atoms with Crippen LogP contribution in [0.3, 0.4) is 0 Å². The fourth-order valence-corrected chi connectivity index (χ4v) is 4.03. The number of fused-ring (bicyclic) bond motifs is 2. The van der Waals surface area contributed by atoms with E-state index in [1.54, 1.807) is 12.1 Å². The van der Waals surface area contributed by atoms with E-state index in [4.69, 9.17) is 0 Å². The number of benzene rings is 2. The van der Waals surface area contributed by atoms with Crippen LogP contribution in [0.1, 0.15) is 53.6 Å². The highest BCUT2D eigenvalue weighted by molar-refractivity contribution is 5.46. The van der Waals surface area contributed by atoms with Crippen LogP contribution in [0.25, 0.3) is 0 Å². The molecule has 1 aliphatic carbocycles. The van der Waals surface area contributed by atoms with Gasteiger partial charge in [0.1, 0.15) is 5.82 Å². The molecule has 1 N–H and O–H groups in total. The monoisotopic (exact) mass is 295 g/mol. The van der Waals surface area contributed by atoms with Crippen LogP contribution < -0.4 is 5.32 Å². The second-order valence-electron chi connectivity index (χ2n) is 6.75. The van der Waals surface area contributed by atoms with Gasteiger partial charge in [-0.15, -0.1) is 0 Å². The summed E-state index contributed by atoms with van der Waals surface area (Å²) in [6.07, 6.45) is 5.99. The Hall–Kier alpha value is -1.67. The van der Waals surface area contributed by atoms with Gasteiger partial charge in [-0.3, -0.25) is 0 Å². The minimum absolute atomic E-state index is 0.0211. The van der Waals surface area contributed by atoms with E-state index >= 15 is 0 Å². The first-order valence-electron chi connectivity index (χ1n) is 8.37. The van der Waals surface area contributed by atoms with Gasteiger partial charge in [0.25, 0.3) is 0 Å². The number of aryl methyl sites for hydroxylation is 2.